The number of nitrogens with zero attached hydrogens (tertiary/aromatic N) is 2. The highest BCUT2D eigenvalue weighted by atomic mass is 16.5. The summed E-state index contributed by atoms with van der Waals surface area (Å²) >= 11 is 0. The molecule has 0 aromatic carbocycles. The van der Waals surface area contributed by atoms with Crippen molar-refractivity contribution in [3.05, 3.63) is 11.8 Å². The zero-order valence-electron chi connectivity index (χ0n) is 8.79. The van der Waals surface area contributed by atoms with Crippen molar-refractivity contribution < 1.29 is 4.74 Å². The number of ether oxygens (including phenoxy) is 1. The fraction of sp³-hybridized carbons (Fsp3) is 0.700. The van der Waals surface area contributed by atoms with Crippen LogP contribution in [0.5, 0.6) is 5.88 Å². The minimum Gasteiger partial charge on any atom is -0.481 e. The molecule has 1 saturated heterocycles. The Bertz CT molecular complexity index is 302. The van der Waals surface area contributed by atoms with E-state index in [2.05, 4.69) is 10.4 Å². The van der Waals surface area contributed by atoms with Crippen LogP contribution >= 0.6 is 0 Å². The molecular formula is C10H17N3O. The number of hydrogen-bond donors (Lipinski definition) is 1. The molecule has 14 heavy (non-hydrogen) atoms. The highest BCUT2D eigenvalue weighted by Gasteiger charge is 2.19. The van der Waals surface area contributed by atoms with Crippen LogP contribution in [0.1, 0.15) is 24.6 Å². The molecule has 0 unspecified atom stereocenters. The molecule has 0 aliphatic carbocycles. The molecule has 4 heteroatoms. The summed E-state index contributed by atoms with van der Waals surface area (Å²) in [5.74, 6) is 0.884. The van der Waals surface area contributed by atoms with Gasteiger partial charge in [0.15, 0.2) is 0 Å². The summed E-state index contributed by atoms with van der Waals surface area (Å²) in [5, 5.41) is 7.82. The molecular weight excluding hydrogens is 178 g/mol. The fourth-order valence-electron chi connectivity index (χ4n) is 1.96. The van der Waals surface area contributed by atoms with E-state index in [9.17, 15) is 0 Å². The Kier molecular flexibility index (Phi) is 2.72. The van der Waals surface area contributed by atoms with Crippen LogP contribution in [0.25, 0.3) is 0 Å². The molecule has 1 N–H and O–H groups in total. The second-order valence-corrected chi connectivity index (χ2v) is 3.75. The summed E-state index contributed by atoms with van der Waals surface area (Å²) < 4.78 is 7.32. The second kappa shape index (κ2) is 4.00. The topological polar surface area (TPSA) is 39.1 Å². The maximum atomic E-state index is 5.30. The first-order valence-electron chi connectivity index (χ1n) is 5.12. The summed E-state index contributed by atoms with van der Waals surface area (Å²) in [5.41, 5.74) is 1.03. The van der Waals surface area contributed by atoms with E-state index in [1.807, 2.05) is 17.7 Å². The smallest absolute Gasteiger partial charge is 0.211 e. The predicted octanol–water partition coefficient (Wildman–Crippen LogP) is 1.12. The van der Waals surface area contributed by atoms with E-state index in [1.165, 1.54) is 0 Å². The quantitative estimate of drug-likeness (QED) is 0.768. The Hall–Kier alpha value is -1.03. The van der Waals surface area contributed by atoms with Crippen LogP contribution in [-0.4, -0.2) is 30.0 Å². The Labute approximate surface area is 84.3 Å². The summed E-state index contributed by atoms with van der Waals surface area (Å²) in [6, 6.07) is 2.49. The maximum Gasteiger partial charge on any atom is 0.211 e. The lowest BCUT2D eigenvalue weighted by Gasteiger charge is -2.23. The standard InChI is InChI=1S/C10H17N3O/c1-8-7-10(14-2)13(12-8)9-3-5-11-6-4-9/h7,9,11H,3-6H2,1-2H3. The monoisotopic (exact) mass is 195 g/mol. The van der Waals surface area contributed by atoms with Gasteiger partial charge in [-0.3, -0.25) is 0 Å². The number of methoxy groups -OCH3 is 1. The SMILES string of the molecule is COc1cc(C)nn1C1CCNCC1. The van der Waals surface area contributed by atoms with Crippen LogP contribution < -0.4 is 10.1 Å². The molecule has 1 aliphatic rings. The maximum absolute atomic E-state index is 5.30. The summed E-state index contributed by atoms with van der Waals surface area (Å²) in [7, 11) is 1.70. The fourth-order valence-corrected chi connectivity index (χ4v) is 1.96. The summed E-state index contributed by atoms with van der Waals surface area (Å²) in [6.45, 7) is 4.15. The highest BCUT2D eigenvalue weighted by molar-refractivity contribution is 5.15. The highest BCUT2D eigenvalue weighted by Crippen LogP contribution is 2.24. The summed E-state index contributed by atoms with van der Waals surface area (Å²) in [4.78, 5) is 0. The van der Waals surface area contributed by atoms with Gasteiger partial charge in [0.2, 0.25) is 5.88 Å². The Balaban J connectivity index is 2.20. The van der Waals surface area contributed by atoms with E-state index in [0.29, 0.717) is 6.04 Å². The van der Waals surface area contributed by atoms with Crippen molar-refractivity contribution >= 4 is 0 Å². The first kappa shape index (κ1) is 9.52. The van der Waals surface area contributed by atoms with Crippen molar-refractivity contribution in [2.75, 3.05) is 20.2 Å². The van der Waals surface area contributed by atoms with Crippen molar-refractivity contribution in [3.63, 3.8) is 0 Å². The first-order chi connectivity index (χ1) is 6.81. The number of piperidine rings is 1. The molecule has 0 spiro atoms. The zero-order valence-corrected chi connectivity index (χ0v) is 8.79. The lowest BCUT2D eigenvalue weighted by Crippen LogP contribution is -2.30. The third-order valence-corrected chi connectivity index (χ3v) is 2.69. The number of aromatic nitrogens is 2. The molecule has 2 rings (SSSR count). The molecule has 1 aliphatic heterocycles. The van der Waals surface area contributed by atoms with Crippen LogP contribution in [0.2, 0.25) is 0 Å². The molecule has 0 bridgehead atoms. The van der Waals surface area contributed by atoms with Crippen LogP contribution in [0.4, 0.5) is 0 Å². The Morgan fingerprint density at radius 3 is 2.86 bits per heavy atom. The second-order valence-electron chi connectivity index (χ2n) is 3.75. The number of nitrogens with one attached hydrogen (secondary N) is 1. The third kappa shape index (κ3) is 1.75. The molecule has 0 radical (unpaired) electrons. The van der Waals surface area contributed by atoms with Crippen molar-refractivity contribution in [3.8, 4) is 5.88 Å². The number of aryl methyl sites for hydroxylation is 1. The lowest BCUT2D eigenvalue weighted by molar-refractivity contribution is 0.288. The van der Waals surface area contributed by atoms with Gasteiger partial charge in [-0.1, -0.05) is 0 Å². The molecule has 0 amide bonds. The minimum atomic E-state index is 0.500. The molecule has 2 heterocycles. The van der Waals surface area contributed by atoms with E-state index in [1.54, 1.807) is 7.11 Å². The van der Waals surface area contributed by atoms with Crippen molar-refractivity contribution in [2.45, 2.75) is 25.8 Å². The van der Waals surface area contributed by atoms with Crippen LogP contribution in [0, 0.1) is 6.92 Å². The average Bonchev–Trinajstić information content (AvgIpc) is 2.61. The van der Waals surface area contributed by atoms with Gasteiger partial charge in [-0.25, -0.2) is 4.68 Å². The van der Waals surface area contributed by atoms with Gasteiger partial charge in [-0.05, 0) is 32.9 Å². The lowest BCUT2D eigenvalue weighted by atomic mass is 10.1. The number of rotatable bonds is 2. The van der Waals surface area contributed by atoms with E-state index in [4.69, 9.17) is 4.74 Å². The van der Waals surface area contributed by atoms with Gasteiger partial charge in [-0.2, -0.15) is 5.10 Å². The van der Waals surface area contributed by atoms with Gasteiger partial charge in [0, 0.05) is 6.07 Å². The molecule has 78 valence electrons. The van der Waals surface area contributed by atoms with Crippen molar-refractivity contribution in [1.82, 2.24) is 15.1 Å². The minimum absolute atomic E-state index is 0.500. The first-order valence-corrected chi connectivity index (χ1v) is 5.12. The van der Waals surface area contributed by atoms with Crippen molar-refractivity contribution in [2.24, 2.45) is 0 Å². The van der Waals surface area contributed by atoms with Gasteiger partial charge < -0.3 is 10.1 Å². The molecule has 1 aromatic rings. The van der Waals surface area contributed by atoms with Crippen molar-refractivity contribution in [1.29, 1.82) is 0 Å². The van der Waals surface area contributed by atoms with Gasteiger partial charge in [0.05, 0.1) is 18.8 Å². The zero-order chi connectivity index (χ0) is 9.97. The third-order valence-electron chi connectivity index (χ3n) is 2.69. The number of hydrogen-bond acceptors (Lipinski definition) is 3. The van der Waals surface area contributed by atoms with E-state index in [-0.39, 0.29) is 0 Å². The molecule has 1 fully saturated rings. The largest absolute Gasteiger partial charge is 0.481 e. The van der Waals surface area contributed by atoms with Crippen LogP contribution in [0.3, 0.4) is 0 Å². The van der Waals surface area contributed by atoms with Gasteiger partial charge in [0.1, 0.15) is 0 Å². The van der Waals surface area contributed by atoms with Gasteiger partial charge >= 0.3 is 0 Å². The summed E-state index contributed by atoms with van der Waals surface area (Å²) in [6.07, 6.45) is 2.27. The molecule has 0 saturated carbocycles. The van der Waals surface area contributed by atoms with E-state index < -0.39 is 0 Å². The van der Waals surface area contributed by atoms with E-state index >= 15 is 0 Å². The molecule has 4 nitrogen and oxygen atoms in total. The average molecular weight is 195 g/mol. The molecule has 1 aromatic heterocycles. The van der Waals surface area contributed by atoms with Crippen LogP contribution in [0.15, 0.2) is 6.07 Å². The Morgan fingerprint density at radius 1 is 1.50 bits per heavy atom. The molecule has 0 atom stereocenters. The normalized spacial score (nSPS) is 18.4. The van der Waals surface area contributed by atoms with Crippen LogP contribution in [-0.2, 0) is 0 Å². The predicted molar refractivity (Wildman–Crippen MR) is 54.7 cm³/mol. The Morgan fingerprint density at radius 2 is 2.21 bits per heavy atom. The van der Waals surface area contributed by atoms with E-state index in [0.717, 1.165) is 37.5 Å². The van der Waals surface area contributed by atoms with Gasteiger partial charge in [0.25, 0.3) is 0 Å². The van der Waals surface area contributed by atoms with Gasteiger partial charge in [-0.15, -0.1) is 0 Å².